The predicted molar refractivity (Wildman–Crippen MR) is 21.8 cm³/mol. The van der Waals surface area contributed by atoms with Crippen LogP contribution in [0.5, 0.6) is 0 Å². The van der Waals surface area contributed by atoms with Gasteiger partial charge < -0.3 is 0 Å². The molecule has 0 saturated heterocycles. The normalized spacial score (nSPS) is 0. The van der Waals surface area contributed by atoms with Crippen molar-refractivity contribution in [1.82, 2.24) is 0 Å². The number of halogens is 3. The SMILES string of the molecule is F.F.F.[KH].[RbH]. The van der Waals surface area contributed by atoms with Crippen molar-refractivity contribution >= 4 is 110 Å². The summed E-state index contributed by atoms with van der Waals surface area (Å²) < 4.78 is 0. The van der Waals surface area contributed by atoms with Crippen LogP contribution in [0.3, 0.4) is 0 Å². The molecule has 0 aromatic rings. The van der Waals surface area contributed by atoms with E-state index in [1.807, 2.05) is 0 Å². The Morgan fingerprint density at radius 1 is 0.600 bits per heavy atom. The van der Waals surface area contributed by atoms with Gasteiger partial charge in [0.15, 0.2) is 0 Å². The van der Waals surface area contributed by atoms with E-state index in [-0.39, 0.29) is 124 Å². The summed E-state index contributed by atoms with van der Waals surface area (Å²) in [7, 11) is 0. The van der Waals surface area contributed by atoms with Gasteiger partial charge >= 0.3 is 110 Å². The molecule has 0 aromatic heterocycles. The Hall–Kier alpha value is 3.23. The monoisotopic (exact) mass is 186 g/mol. The van der Waals surface area contributed by atoms with Crippen LogP contribution in [0.25, 0.3) is 0 Å². The van der Waals surface area contributed by atoms with E-state index in [1.54, 1.807) is 0 Å². The predicted octanol–water partition coefficient (Wildman–Crippen LogP) is -0.839. The van der Waals surface area contributed by atoms with Crippen LogP contribution < -0.4 is 0 Å². The molecular weight excluding hydrogens is 182 g/mol. The zero-order valence-corrected chi connectivity index (χ0v) is 1.22. The average Bonchev–Trinajstić information content (AvgIpc) is 0. The second kappa shape index (κ2) is 26.9. The van der Waals surface area contributed by atoms with Crippen LogP contribution in [0.4, 0.5) is 14.1 Å². The van der Waals surface area contributed by atoms with Crippen LogP contribution in [-0.2, 0) is 0 Å². The third-order valence-electron chi connectivity index (χ3n) is 0. The molecule has 0 spiro atoms. The van der Waals surface area contributed by atoms with Gasteiger partial charge in [0.25, 0.3) is 0 Å². The molecule has 0 aliphatic carbocycles. The van der Waals surface area contributed by atoms with Crippen molar-refractivity contribution < 1.29 is 14.1 Å². The van der Waals surface area contributed by atoms with Gasteiger partial charge in [-0.05, 0) is 0 Å². The molecule has 0 bridgehead atoms. The van der Waals surface area contributed by atoms with Crippen LogP contribution in [0.1, 0.15) is 0 Å². The van der Waals surface area contributed by atoms with Crippen LogP contribution in [0, 0.1) is 0 Å². The summed E-state index contributed by atoms with van der Waals surface area (Å²) in [6, 6.07) is 0. The molecule has 28 valence electrons. The molecular formula is H5F3KRb. The molecule has 0 aliphatic rings. The van der Waals surface area contributed by atoms with Gasteiger partial charge in [-0.15, -0.1) is 0 Å². The molecule has 0 rings (SSSR count). The van der Waals surface area contributed by atoms with Gasteiger partial charge in [-0.25, -0.2) is 0 Å². The molecule has 0 radical (unpaired) electrons. The maximum atomic E-state index is 0. The molecule has 0 saturated carbocycles. The van der Waals surface area contributed by atoms with Gasteiger partial charge in [0.05, 0.1) is 0 Å². The van der Waals surface area contributed by atoms with Crippen molar-refractivity contribution in [3.8, 4) is 0 Å². The van der Waals surface area contributed by atoms with Crippen LogP contribution >= 0.6 is 0 Å². The summed E-state index contributed by atoms with van der Waals surface area (Å²) in [4.78, 5) is 0. The van der Waals surface area contributed by atoms with Crippen LogP contribution in [-0.4, -0.2) is 110 Å². The second-order valence-electron chi connectivity index (χ2n) is 0. The third-order valence-corrected chi connectivity index (χ3v) is 0. The summed E-state index contributed by atoms with van der Waals surface area (Å²) in [5, 5.41) is 0. The fourth-order valence-electron chi connectivity index (χ4n) is 0. The molecule has 0 aromatic carbocycles. The van der Waals surface area contributed by atoms with E-state index in [9.17, 15) is 0 Å². The van der Waals surface area contributed by atoms with Gasteiger partial charge in [-0.2, -0.15) is 0 Å². The van der Waals surface area contributed by atoms with Gasteiger partial charge in [0, 0.05) is 0 Å². The Labute approximate surface area is 120 Å². The first-order chi connectivity index (χ1) is 0. The van der Waals surface area contributed by atoms with Crippen molar-refractivity contribution in [2.45, 2.75) is 0 Å². The molecule has 0 fully saturated rings. The van der Waals surface area contributed by atoms with E-state index in [4.69, 9.17) is 0 Å². The Morgan fingerprint density at radius 2 is 0.600 bits per heavy atom. The van der Waals surface area contributed by atoms with Gasteiger partial charge in [-0.1, -0.05) is 0 Å². The van der Waals surface area contributed by atoms with E-state index in [0.29, 0.717) is 0 Å². The van der Waals surface area contributed by atoms with E-state index in [1.165, 1.54) is 0 Å². The molecule has 0 amide bonds. The maximum absolute atomic E-state index is 0. The number of rotatable bonds is 0. The third kappa shape index (κ3) is 19.0. The Bertz CT molecular complexity index is 6.85. The van der Waals surface area contributed by atoms with E-state index < -0.39 is 0 Å². The summed E-state index contributed by atoms with van der Waals surface area (Å²) >= 11 is 0. The molecule has 0 atom stereocenters. The Morgan fingerprint density at radius 3 is 0.600 bits per heavy atom. The topological polar surface area (TPSA) is 0 Å². The summed E-state index contributed by atoms with van der Waals surface area (Å²) in [5.74, 6) is 0. The zero-order chi connectivity index (χ0) is 0. The minimum atomic E-state index is 0. The first-order valence-corrected chi connectivity index (χ1v) is 0. The van der Waals surface area contributed by atoms with Crippen LogP contribution in [0.2, 0.25) is 0 Å². The quantitative estimate of drug-likeness (QED) is 0.433. The van der Waals surface area contributed by atoms with Crippen molar-refractivity contribution in [2.75, 3.05) is 0 Å². The Balaban J connectivity index is 0. The van der Waals surface area contributed by atoms with Gasteiger partial charge in [0.2, 0.25) is 0 Å². The molecule has 0 nitrogen and oxygen atoms in total. The minimum absolute atomic E-state index is 0. The standard InChI is InChI=1S/3FH.K.Rb.2H/h3*1H;;;;. The van der Waals surface area contributed by atoms with Crippen molar-refractivity contribution in [3.05, 3.63) is 0 Å². The van der Waals surface area contributed by atoms with Crippen LogP contribution in [0.15, 0.2) is 0 Å². The first kappa shape index (κ1) is 41.2. The Kier molecular flexibility index (Phi) is 222. The van der Waals surface area contributed by atoms with Gasteiger partial charge in [-0.3, -0.25) is 14.1 Å². The first-order valence-electron chi connectivity index (χ1n) is 0. The summed E-state index contributed by atoms with van der Waals surface area (Å²) in [6.07, 6.45) is 0. The fraction of sp³-hybridized carbons (Fsp3) is 0. The zero-order valence-electron chi connectivity index (χ0n) is 1.22. The van der Waals surface area contributed by atoms with E-state index in [2.05, 4.69) is 0 Å². The molecule has 0 aliphatic heterocycles. The molecule has 5 heavy (non-hydrogen) atoms. The number of hydrogen-bond acceptors (Lipinski definition) is 0. The van der Waals surface area contributed by atoms with E-state index >= 15 is 0 Å². The van der Waals surface area contributed by atoms with Crippen molar-refractivity contribution in [1.29, 1.82) is 0 Å². The van der Waals surface area contributed by atoms with Crippen molar-refractivity contribution in [3.63, 3.8) is 0 Å². The average molecular weight is 187 g/mol. The fourth-order valence-corrected chi connectivity index (χ4v) is 0. The van der Waals surface area contributed by atoms with Crippen molar-refractivity contribution in [2.24, 2.45) is 0 Å². The summed E-state index contributed by atoms with van der Waals surface area (Å²) in [6.45, 7) is 0. The molecule has 0 heterocycles. The van der Waals surface area contributed by atoms with Gasteiger partial charge in [0.1, 0.15) is 0 Å². The molecule has 0 unspecified atom stereocenters. The second-order valence-corrected chi connectivity index (χ2v) is 0. The summed E-state index contributed by atoms with van der Waals surface area (Å²) in [5.41, 5.74) is 0. The molecule has 5 heteroatoms. The molecule has 0 N–H and O–H groups in total. The van der Waals surface area contributed by atoms with E-state index in [0.717, 1.165) is 0 Å². The number of hydrogen-bond donors (Lipinski definition) is 0.